The average Bonchev–Trinajstić information content (AvgIpc) is 3.19. The van der Waals surface area contributed by atoms with Crippen LogP contribution in [0.4, 0.5) is 4.39 Å². The molecule has 1 heterocycles. The lowest BCUT2D eigenvalue weighted by Gasteiger charge is -2.09. The van der Waals surface area contributed by atoms with E-state index in [1.54, 1.807) is 28.9 Å². The highest BCUT2D eigenvalue weighted by Gasteiger charge is 2.18. The van der Waals surface area contributed by atoms with Crippen molar-refractivity contribution in [3.63, 3.8) is 0 Å². The molecule has 144 valence electrons. The van der Waals surface area contributed by atoms with Gasteiger partial charge in [-0.1, -0.05) is 54.1 Å². The van der Waals surface area contributed by atoms with E-state index in [0.717, 1.165) is 11.1 Å². The Balaban J connectivity index is 1.70. The van der Waals surface area contributed by atoms with E-state index in [-0.39, 0.29) is 17.4 Å². The van der Waals surface area contributed by atoms with Gasteiger partial charge in [0.2, 0.25) is 0 Å². The first-order valence-corrected chi connectivity index (χ1v) is 9.42. The van der Waals surface area contributed by atoms with Crippen LogP contribution >= 0.6 is 11.6 Å². The third kappa shape index (κ3) is 4.20. The van der Waals surface area contributed by atoms with Crippen LogP contribution in [0.5, 0.6) is 0 Å². The fourth-order valence-corrected chi connectivity index (χ4v) is 3.21. The number of para-hydroxylation sites is 1. The fourth-order valence-electron chi connectivity index (χ4n) is 2.99. The predicted octanol–water partition coefficient (Wildman–Crippen LogP) is 5.26. The lowest BCUT2D eigenvalue weighted by Crippen LogP contribution is -2.23. The first-order valence-electron chi connectivity index (χ1n) is 9.05. The molecule has 0 aliphatic rings. The van der Waals surface area contributed by atoms with Gasteiger partial charge in [0, 0.05) is 12.1 Å². The molecule has 0 unspecified atom stereocenters. The maximum atomic E-state index is 13.4. The number of hydrogen-bond donors (Lipinski definition) is 1. The highest BCUT2D eigenvalue weighted by Crippen LogP contribution is 2.28. The van der Waals surface area contributed by atoms with Gasteiger partial charge in [-0.05, 0) is 48.0 Å². The minimum atomic E-state index is -0.335. The van der Waals surface area contributed by atoms with Crippen molar-refractivity contribution in [3.8, 4) is 16.9 Å². The Morgan fingerprint density at radius 3 is 2.38 bits per heavy atom. The molecule has 0 atom stereocenters. The molecule has 0 fully saturated rings. The predicted molar refractivity (Wildman–Crippen MR) is 112 cm³/mol. The van der Waals surface area contributed by atoms with Gasteiger partial charge in [0.25, 0.3) is 5.91 Å². The lowest BCUT2D eigenvalue weighted by atomic mass is 10.1. The van der Waals surface area contributed by atoms with E-state index in [1.165, 1.54) is 12.1 Å². The molecule has 1 aromatic heterocycles. The molecule has 1 N–H and O–H groups in total. The number of benzene rings is 3. The van der Waals surface area contributed by atoms with Gasteiger partial charge in [-0.25, -0.2) is 9.07 Å². The van der Waals surface area contributed by atoms with Crippen LogP contribution in [0.3, 0.4) is 0 Å². The number of carbonyl (C=O) groups excluding carboxylic acids is 1. The molecule has 0 bridgehead atoms. The summed E-state index contributed by atoms with van der Waals surface area (Å²) in [5, 5.41) is 7.85. The highest BCUT2D eigenvalue weighted by molar-refractivity contribution is 6.32. The molecule has 0 saturated heterocycles. The molecule has 6 heteroatoms. The average molecular weight is 406 g/mol. The van der Waals surface area contributed by atoms with Gasteiger partial charge in [-0.2, -0.15) is 5.10 Å². The summed E-state index contributed by atoms with van der Waals surface area (Å²) in [6.45, 7) is 0.393. The number of nitrogens with zero attached hydrogens (tertiary/aromatic N) is 2. The van der Waals surface area contributed by atoms with E-state index in [1.807, 2.05) is 48.5 Å². The molecule has 3 aromatic carbocycles. The molecule has 4 rings (SSSR count). The Kier molecular flexibility index (Phi) is 5.40. The Hall–Kier alpha value is -3.44. The topological polar surface area (TPSA) is 46.9 Å². The van der Waals surface area contributed by atoms with Crippen molar-refractivity contribution in [2.24, 2.45) is 0 Å². The van der Waals surface area contributed by atoms with E-state index in [4.69, 9.17) is 11.6 Å². The molecular formula is C23H17ClFN3O. The number of amides is 1. The third-order valence-electron chi connectivity index (χ3n) is 4.46. The van der Waals surface area contributed by atoms with E-state index >= 15 is 0 Å². The fraction of sp³-hybridized carbons (Fsp3) is 0.0435. The summed E-state index contributed by atoms with van der Waals surface area (Å²) >= 11 is 6.35. The van der Waals surface area contributed by atoms with Crippen molar-refractivity contribution < 1.29 is 9.18 Å². The van der Waals surface area contributed by atoms with Gasteiger partial charge < -0.3 is 5.32 Å². The maximum absolute atomic E-state index is 13.4. The van der Waals surface area contributed by atoms with Crippen LogP contribution in [0.1, 0.15) is 16.1 Å². The monoisotopic (exact) mass is 405 g/mol. The van der Waals surface area contributed by atoms with Crippen LogP contribution in [-0.2, 0) is 6.54 Å². The zero-order valence-corrected chi connectivity index (χ0v) is 16.1. The second kappa shape index (κ2) is 8.29. The normalized spacial score (nSPS) is 10.7. The molecule has 4 nitrogen and oxygen atoms in total. The summed E-state index contributed by atoms with van der Waals surface area (Å²) in [5.74, 6) is -0.638. The molecule has 0 radical (unpaired) electrons. The summed E-state index contributed by atoms with van der Waals surface area (Å²) in [6, 6.07) is 24.6. The van der Waals surface area contributed by atoms with Crippen LogP contribution in [0.2, 0.25) is 5.02 Å². The van der Waals surface area contributed by atoms with Gasteiger partial charge >= 0.3 is 0 Å². The Morgan fingerprint density at radius 2 is 1.66 bits per heavy atom. The largest absolute Gasteiger partial charge is 0.347 e. The second-order valence-corrected chi connectivity index (χ2v) is 6.86. The summed E-state index contributed by atoms with van der Waals surface area (Å²) in [7, 11) is 0. The Bertz CT molecular complexity index is 1140. The highest BCUT2D eigenvalue weighted by atomic mass is 35.5. The molecule has 0 spiro atoms. The maximum Gasteiger partial charge on any atom is 0.272 e. The smallest absolute Gasteiger partial charge is 0.272 e. The molecule has 0 aliphatic carbocycles. The molecular weight excluding hydrogens is 389 g/mol. The minimum Gasteiger partial charge on any atom is -0.347 e. The number of rotatable bonds is 5. The van der Waals surface area contributed by atoms with Gasteiger partial charge in [-0.15, -0.1) is 0 Å². The first kappa shape index (κ1) is 18.9. The summed E-state index contributed by atoms with van der Waals surface area (Å²) in [6.07, 6.45) is 0. The van der Waals surface area contributed by atoms with Gasteiger partial charge in [0.15, 0.2) is 5.69 Å². The van der Waals surface area contributed by atoms with E-state index < -0.39 is 0 Å². The van der Waals surface area contributed by atoms with Crippen molar-refractivity contribution in [3.05, 3.63) is 107 Å². The third-order valence-corrected chi connectivity index (χ3v) is 4.78. The van der Waals surface area contributed by atoms with Gasteiger partial charge in [0.05, 0.1) is 16.4 Å². The van der Waals surface area contributed by atoms with Crippen LogP contribution in [0.25, 0.3) is 16.9 Å². The Morgan fingerprint density at radius 1 is 0.966 bits per heavy atom. The number of carbonyl (C=O) groups is 1. The molecule has 0 saturated carbocycles. The van der Waals surface area contributed by atoms with Crippen molar-refractivity contribution >= 4 is 17.5 Å². The van der Waals surface area contributed by atoms with Crippen molar-refractivity contribution in [2.75, 3.05) is 0 Å². The summed E-state index contributed by atoms with van der Waals surface area (Å²) in [5.41, 5.74) is 3.24. The van der Waals surface area contributed by atoms with Crippen molar-refractivity contribution in [1.82, 2.24) is 15.1 Å². The minimum absolute atomic E-state index is 0.250. The molecule has 4 aromatic rings. The van der Waals surface area contributed by atoms with Crippen molar-refractivity contribution in [1.29, 1.82) is 0 Å². The van der Waals surface area contributed by atoms with Crippen LogP contribution < -0.4 is 5.32 Å². The van der Waals surface area contributed by atoms with Gasteiger partial charge in [-0.3, -0.25) is 4.79 Å². The second-order valence-electron chi connectivity index (χ2n) is 6.45. The summed E-state index contributed by atoms with van der Waals surface area (Å²) < 4.78 is 15.0. The van der Waals surface area contributed by atoms with E-state index in [0.29, 0.717) is 22.9 Å². The number of halogens is 2. The van der Waals surface area contributed by atoms with E-state index in [2.05, 4.69) is 10.4 Å². The number of aromatic nitrogens is 2. The van der Waals surface area contributed by atoms with Crippen LogP contribution in [-0.4, -0.2) is 15.7 Å². The number of nitrogens with one attached hydrogen (secondary N) is 1. The Labute approximate surface area is 172 Å². The van der Waals surface area contributed by atoms with Gasteiger partial charge in [0.1, 0.15) is 5.82 Å². The van der Waals surface area contributed by atoms with Crippen LogP contribution in [0.15, 0.2) is 84.9 Å². The summed E-state index contributed by atoms with van der Waals surface area (Å²) in [4.78, 5) is 12.7. The SMILES string of the molecule is O=C(NCc1ccccc1)c1cc(-c2ccc(F)cc2)n(-c2ccccc2Cl)n1. The number of hydrogen-bond acceptors (Lipinski definition) is 2. The zero-order chi connectivity index (χ0) is 20.2. The zero-order valence-electron chi connectivity index (χ0n) is 15.3. The molecule has 1 amide bonds. The van der Waals surface area contributed by atoms with Crippen molar-refractivity contribution in [2.45, 2.75) is 6.54 Å². The standard InChI is InChI=1S/C23H17ClFN3O/c24-19-8-4-5-9-21(19)28-22(17-10-12-18(25)13-11-17)14-20(27-28)23(29)26-15-16-6-2-1-3-7-16/h1-14H,15H2,(H,26,29). The lowest BCUT2D eigenvalue weighted by molar-refractivity contribution is 0.0945. The quantitative estimate of drug-likeness (QED) is 0.492. The van der Waals surface area contributed by atoms with E-state index in [9.17, 15) is 9.18 Å². The van der Waals surface area contributed by atoms with Crippen LogP contribution in [0, 0.1) is 5.82 Å². The molecule has 29 heavy (non-hydrogen) atoms. The molecule has 0 aliphatic heterocycles. The first-order chi connectivity index (χ1) is 14.1.